The molecule has 0 heterocycles. The van der Waals surface area contributed by atoms with Crippen LogP contribution in [0.1, 0.15) is 363 Å². The summed E-state index contributed by atoms with van der Waals surface area (Å²) in [6.07, 6.45) is 64.9. The first-order valence-electron chi connectivity index (χ1n) is 30.8. The number of esters is 2. The van der Waals surface area contributed by atoms with Crippen LogP contribution in [0.2, 0.25) is 0 Å². The van der Waals surface area contributed by atoms with E-state index in [1.807, 2.05) is 0 Å². The molecular weight excluding hydrogens is 809 g/mol. The van der Waals surface area contributed by atoms with Crippen LogP contribution >= 0.6 is 0 Å². The minimum atomic E-state index is 0.0439. The number of hydrogen-bond acceptors (Lipinski definition) is 4. The van der Waals surface area contributed by atoms with Crippen LogP contribution < -0.4 is 0 Å². The maximum Gasteiger partial charge on any atom is 0.305 e. The third kappa shape index (κ3) is 57.3. The van der Waals surface area contributed by atoms with E-state index in [9.17, 15) is 9.59 Å². The Balaban J connectivity index is 0. The highest BCUT2D eigenvalue weighted by atomic mass is 16.5. The van der Waals surface area contributed by atoms with Crippen LogP contribution in [-0.2, 0) is 19.1 Å². The summed E-state index contributed by atoms with van der Waals surface area (Å²) in [5.41, 5.74) is 0. The summed E-state index contributed by atoms with van der Waals surface area (Å²) in [7, 11) is 0. The molecule has 4 heteroatoms. The molecule has 0 spiro atoms. The number of carbonyl (C=O) groups is 2. The van der Waals surface area contributed by atoms with Gasteiger partial charge in [-0.25, -0.2) is 0 Å². The van der Waals surface area contributed by atoms with Gasteiger partial charge in [0.15, 0.2) is 0 Å². The molecule has 0 aromatic carbocycles. The molecule has 0 amide bonds. The number of rotatable bonds is 54. The molecule has 0 fully saturated rings. The summed E-state index contributed by atoms with van der Waals surface area (Å²) in [4.78, 5) is 24.5. The first kappa shape index (κ1) is 67.0. The lowest BCUT2D eigenvalue weighted by atomic mass is 9.95. The van der Waals surface area contributed by atoms with Crippen molar-refractivity contribution in [2.45, 2.75) is 363 Å². The van der Waals surface area contributed by atoms with Crippen LogP contribution in [0, 0.1) is 11.8 Å². The van der Waals surface area contributed by atoms with Crippen molar-refractivity contribution in [3.63, 3.8) is 0 Å². The summed E-state index contributed by atoms with van der Waals surface area (Å²) in [6.45, 7) is 15.0. The summed E-state index contributed by atoms with van der Waals surface area (Å²) < 4.78 is 11.4. The zero-order chi connectivity index (χ0) is 48.5. The smallest absolute Gasteiger partial charge is 0.305 e. The molecule has 0 rings (SSSR count). The van der Waals surface area contributed by atoms with E-state index >= 15 is 0 Å². The first-order valence-corrected chi connectivity index (χ1v) is 30.8. The standard InChI is InChI=1S/C32H64O2.C30H60O2/c1-4-7-10-13-15-16-17-18-19-20-21-23-26-29-32(33)34-30-31(27-24-12-9-6-3)28-25-22-14-11-8-5-2;1-4-7-10-13-15-16-17-18-19-21-24-27-30(31)32-28-29(25-22-12-9-6-3)26-23-20-14-11-8-5-2/h31H,4-30H2,1-3H3;29H,4-28H2,1-3H3. The minimum absolute atomic E-state index is 0.0439. The van der Waals surface area contributed by atoms with Crippen molar-refractivity contribution < 1.29 is 19.1 Å². The van der Waals surface area contributed by atoms with Crippen molar-refractivity contribution in [3.05, 3.63) is 0 Å². The summed E-state index contributed by atoms with van der Waals surface area (Å²) in [6, 6.07) is 0. The molecule has 4 nitrogen and oxygen atoms in total. The maximum absolute atomic E-state index is 12.3. The van der Waals surface area contributed by atoms with Gasteiger partial charge in [0.1, 0.15) is 0 Å². The first-order chi connectivity index (χ1) is 32.5. The average Bonchev–Trinajstić information content (AvgIpc) is 3.32. The van der Waals surface area contributed by atoms with Gasteiger partial charge >= 0.3 is 11.9 Å². The van der Waals surface area contributed by atoms with Gasteiger partial charge in [-0.15, -0.1) is 0 Å². The fraction of sp³-hybridized carbons (Fsp3) is 0.968. The Labute approximate surface area is 417 Å². The Kier molecular flexibility index (Phi) is 61.0. The van der Waals surface area contributed by atoms with Crippen LogP contribution in [0.25, 0.3) is 0 Å². The molecule has 0 aliphatic heterocycles. The van der Waals surface area contributed by atoms with Crippen LogP contribution in [-0.4, -0.2) is 25.2 Å². The lowest BCUT2D eigenvalue weighted by molar-refractivity contribution is -0.146. The van der Waals surface area contributed by atoms with Gasteiger partial charge in [0.2, 0.25) is 0 Å². The average molecular weight is 934 g/mol. The lowest BCUT2D eigenvalue weighted by Crippen LogP contribution is -2.14. The van der Waals surface area contributed by atoms with Gasteiger partial charge in [-0.2, -0.15) is 0 Å². The third-order valence-electron chi connectivity index (χ3n) is 14.3. The van der Waals surface area contributed by atoms with E-state index in [2.05, 4.69) is 41.5 Å². The SMILES string of the molecule is CCCCCCCCCCCCCC(=O)OCC(CCCCCC)CCCCCCCC.CCCCCCCCCCCCCCCC(=O)OCC(CCCCCC)CCCCCCCC. The second kappa shape index (κ2) is 60.1. The molecule has 396 valence electrons. The Morgan fingerprint density at radius 1 is 0.242 bits per heavy atom. The molecule has 0 saturated carbocycles. The summed E-state index contributed by atoms with van der Waals surface area (Å²) in [5, 5.41) is 0. The number of unbranched alkanes of at least 4 members (excludes halogenated alkanes) is 38. The Morgan fingerprint density at radius 3 is 0.621 bits per heavy atom. The molecule has 0 aromatic rings. The van der Waals surface area contributed by atoms with E-state index in [1.165, 1.54) is 295 Å². The maximum atomic E-state index is 12.3. The number of hydrogen-bond donors (Lipinski definition) is 0. The topological polar surface area (TPSA) is 52.6 Å². The van der Waals surface area contributed by atoms with Gasteiger partial charge in [-0.1, -0.05) is 311 Å². The Bertz CT molecular complexity index is 902. The van der Waals surface area contributed by atoms with Crippen molar-refractivity contribution in [1.29, 1.82) is 0 Å². The van der Waals surface area contributed by atoms with Crippen LogP contribution in [0.3, 0.4) is 0 Å². The van der Waals surface area contributed by atoms with Crippen molar-refractivity contribution in [1.82, 2.24) is 0 Å². The number of ether oxygens (including phenoxy) is 2. The fourth-order valence-corrected chi connectivity index (χ4v) is 9.55. The number of carbonyl (C=O) groups excluding carboxylic acids is 2. The molecule has 0 saturated heterocycles. The second-order valence-corrected chi connectivity index (χ2v) is 21.2. The van der Waals surface area contributed by atoms with E-state index in [-0.39, 0.29) is 11.9 Å². The molecule has 0 aliphatic rings. The molecule has 0 N–H and O–H groups in total. The highest BCUT2D eigenvalue weighted by molar-refractivity contribution is 5.69. The van der Waals surface area contributed by atoms with Crippen molar-refractivity contribution in [3.8, 4) is 0 Å². The van der Waals surface area contributed by atoms with Gasteiger partial charge in [-0.05, 0) is 50.4 Å². The fourth-order valence-electron chi connectivity index (χ4n) is 9.55. The van der Waals surface area contributed by atoms with E-state index in [0.29, 0.717) is 37.9 Å². The zero-order valence-electron chi connectivity index (χ0n) is 46.6. The normalized spacial score (nSPS) is 12.2. The monoisotopic (exact) mass is 933 g/mol. The predicted molar refractivity (Wildman–Crippen MR) is 294 cm³/mol. The highest BCUT2D eigenvalue weighted by Gasteiger charge is 2.14. The Hall–Kier alpha value is -1.06. The molecule has 0 aromatic heterocycles. The van der Waals surface area contributed by atoms with Gasteiger partial charge in [0.05, 0.1) is 13.2 Å². The van der Waals surface area contributed by atoms with Gasteiger partial charge in [0, 0.05) is 12.8 Å². The van der Waals surface area contributed by atoms with Crippen LogP contribution in [0.15, 0.2) is 0 Å². The lowest BCUT2D eigenvalue weighted by Gasteiger charge is -2.17. The van der Waals surface area contributed by atoms with Gasteiger partial charge < -0.3 is 9.47 Å². The molecule has 66 heavy (non-hydrogen) atoms. The zero-order valence-corrected chi connectivity index (χ0v) is 46.6. The van der Waals surface area contributed by atoms with Gasteiger partial charge in [0.25, 0.3) is 0 Å². The van der Waals surface area contributed by atoms with Crippen molar-refractivity contribution >= 4 is 11.9 Å². The summed E-state index contributed by atoms with van der Waals surface area (Å²) in [5.74, 6) is 1.25. The molecular formula is C62H124O4. The van der Waals surface area contributed by atoms with Crippen molar-refractivity contribution in [2.24, 2.45) is 11.8 Å². The molecule has 0 radical (unpaired) electrons. The van der Waals surface area contributed by atoms with E-state index in [1.54, 1.807) is 0 Å². The van der Waals surface area contributed by atoms with Crippen LogP contribution in [0.5, 0.6) is 0 Å². The molecule has 2 atom stereocenters. The van der Waals surface area contributed by atoms with Crippen LogP contribution in [0.4, 0.5) is 0 Å². The Morgan fingerprint density at radius 2 is 0.409 bits per heavy atom. The van der Waals surface area contributed by atoms with E-state index in [0.717, 1.165) is 12.8 Å². The highest BCUT2D eigenvalue weighted by Crippen LogP contribution is 2.22. The largest absolute Gasteiger partial charge is 0.465 e. The van der Waals surface area contributed by atoms with Gasteiger partial charge in [-0.3, -0.25) is 9.59 Å². The van der Waals surface area contributed by atoms with Crippen molar-refractivity contribution in [2.75, 3.05) is 13.2 Å². The third-order valence-corrected chi connectivity index (χ3v) is 14.3. The minimum Gasteiger partial charge on any atom is -0.465 e. The quantitative estimate of drug-likeness (QED) is 0.0450. The van der Waals surface area contributed by atoms with E-state index in [4.69, 9.17) is 9.47 Å². The second-order valence-electron chi connectivity index (χ2n) is 21.2. The molecule has 0 aliphatic carbocycles. The predicted octanol–water partition coefficient (Wildman–Crippen LogP) is 21.9. The van der Waals surface area contributed by atoms with E-state index < -0.39 is 0 Å². The summed E-state index contributed by atoms with van der Waals surface area (Å²) >= 11 is 0. The molecule has 2 unspecified atom stereocenters. The molecule has 0 bridgehead atoms.